The maximum atomic E-state index is 5.46. The number of hydrogen-bond acceptors (Lipinski definition) is 2. The van der Waals surface area contributed by atoms with Gasteiger partial charge in [-0.1, -0.05) is 29.8 Å². The van der Waals surface area contributed by atoms with E-state index in [9.17, 15) is 0 Å². The average molecular weight is 278 g/mol. The van der Waals surface area contributed by atoms with Crippen molar-refractivity contribution in [1.29, 1.82) is 0 Å². The second-order valence-corrected chi connectivity index (χ2v) is 5.18. The van der Waals surface area contributed by atoms with Crippen LogP contribution in [-0.4, -0.2) is 43.1 Å². The van der Waals surface area contributed by atoms with Gasteiger partial charge in [-0.2, -0.15) is 0 Å². The van der Waals surface area contributed by atoms with E-state index in [-0.39, 0.29) is 0 Å². The van der Waals surface area contributed by atoms with Crippen LogP contribution in [-0.2, 0) is 4.74 Å². The molecule has 0 N–H and O–H groups in total. The van der Waals surface area contributed by atoms with Gasteiger partial charge in [-0.15, -0.1) is 0 Å². The molecule has 0 aromatic heterocycles. The molecule has 0 unspecified atom stereocenters. The van der Waals surface area contributed by atoms with Gasteiger partial charge in [0.25, 0.3) is 0 Å². The molecule has 1 aliphatic rings. The van der Waals surface area contributed by atoms with E-state index >= 15 is 0 Å². The first-order valence-corrected chi connectivity index (χ1v) is 7.24. The Kier molecular flexibility index (Phi) is 6.17. The van der Waals surface area contributed by atoms with Gasteiger partial charge in [0.15, 0.2) is 0 Å². The summed E-state index contributed by atoms with van der Waals surface area (Å²) >= 11 is 3.69. The lowest BCUT2D eigenvalue weighted by Gasteiger charge is -2.39. The molecule has 0 aliphatic carbocycles. The first kappa shape index (κ1) is 13.5. The zero-order valence-electron chi connectivity index (χ0n) is 10.1. The number of ether oxygens (including phenoxy) is 1. The summed E-state index contributed by atoms with van der Waals surface area (Å²) in [5.74, 6) is 0. The highest BCUT2D eigenvalue weighted by Crippen LogP contribution is 2.33. The molecular formula is C12H24BrNO. The first-order chi connectivity index (χ1) is 7.26. The van der Waals surface area contributed by atoms with E-state index in [1.807, 2.05) is 0 Å². The summed E-state index contributed by atoms with van der Waals surface area (Å²) in [4.78, 5) is 2.58. The average Bonchev–Trinajstić information content (AvgIpc) is 2.30. The Hall–Kier alpha value is 0.400. The lowest BCUT2D eigenvalue weighted by atomic mass is 9.82. The van der Waals surface area contributed by atoms with Crippen molar-refractivity contribution in [2.45, 2.75) is 33.1 Å². The highest BCUT2D eigenvalue weighted by molar-refractivity contribution is 9.09. The van der Waals surface area contributed by atoms with E-state index in [0.717, 1.165) is 18.5 Å². The van der Waals surface area contributed by atoms with Crippen LogP contribution in [0.2, 0.25) is 0 Å². The molecule has 15 heavy (non-hydrogen) atoms. The van der Waals surface area contributed by atoms with Crippen molar-refractivity contribution in [3.05, 3.63) is 0 Å². The zero-order chi connectivity index (χ0) is 11.1. The van der Waals surface area contributed by atoms with Crippen LogP contribution in [0.3, 0.4) is 0 Å². The van der Waals surface area contributed by atoms with E-state index in [4.69, 9.17) is 4.74 Å². The highest BCUT2D eigenvalue weighted by Gasteiger charge is 2.32. The molecule has 0 saturated carbocycles. The Balaban J connectivity index is 2.49. The summed E-state index contributed by atoms with van der Waals surface area (Å²) in [6.45, 7) is 10.0. The summed E-state index contributed by atoms with van der Waals surface area (Å²) in [7, 11) is 0. The van der Waals surface area contributed by atoms with Gasteiger partial charge >= 0.3 is 0 Å². The Labute approximate surface area is 102 Å². The van der Waals surface area contributed by atoms with E-state index < -0.39 is 0 Å². The molecule has 1 saturated heterocycles. The van der Waals surface area contributed by atoms with E-state index in [1.54, 1.807) is 0 Å². The Morgan fingerprint density at radius 2 is 1.93 bits per heavy atom. The maximum Gasteiger partial charge on any atom is 0.0472 e. The van der Waals surface area contributed by atoms with Crippen molar-refractivity contribution in [3.8, 4) is 0 Å². The smallest absolute Gasteiger partial charge is 0.0472 e. The van der Waals surface area contributed by atoms with Gasteiger partial charge in [-0.05, 0) is 37.8 Å². The van der Waals surface area contributed by atoms with Crippen LogP contribution in [0, 0.1) is 5.41 Å². The third kappa shape index (κ3) is 4.04. The fourth-order valence-corrected chi connectivity index (χ4v) is 3.02. The zero-order valence-corrected chi connectivity index (χ0v) is 11.7. The summed E-state index contributed by atoms with van der Waals surface area (Å²) in [5, 5.41) is 1.11. The Morgan fingerprint density at radius 3 is 2.40 bits per heavy atom. The number of nitrogens with zero attached hydrogens (tertiary/aromatic N) is 1. The molecule has 1 rings (SSSR count). The fraction of sp³-hybridized carbons (Fsp3) is 1.00. The van der Waals surface area contributed by atoms with Crippen molar-refractivity contribution < 1.29 is 4.74 Å². The number of rotatable bonds is 6. The molecule has 0 aromatic carbocycles. The maximum absolute atomic E-state index is 5.46. The molecule has 1 aliphatic heterocycles. The normalized spacial score (nSPS) is 20.8. The number of halogens is 1. The standard InChI is InChI=1S/C12H24BrNO/c1-3-7-14(4-2)11-12(10-13)5-8-15-9-6-12/h3-11H2,1-2H3. The molecule has 0 aromatic rings. The van der Waals surface area contributed by atoms with E-state index in [1.165, 1.54) is 38.9 Å². The predicted molar refractivity (Wildman–Crippen MR) is 68.7 cm³/mol. The largest absolute Gasteiger partial charge is 0.381 e. The summed E-state index contributed by atoms with van der Waals surface area (Å²) in [6, 6.07) is 0. The third-order valence-electron chi connectivity index (χ3n) is 3.38. The van der Waals surface area contributed by atoms with Crippen molar-refractivity contribution in [2.24, 2.45) is 5.41 Å². The van der Waals surface area contributed by atoms with Crippen LogP contribution in [0.25, 0.3) is 0 Å². The number of alkyl halides is 1. The quantitative estimate of drug-likeness (QED) is 0.693. The third-order valence-corrected chi connectivity index (χ3v) is 4.57. The minimum absolute atomic E-state index is 0.462. The van der Waals surface area contributed by atoms with Crippen molar-refractivity contribution in [1.82, 2.24) is 4.90 Å². The molecule has 0 bridgehead atoms. The van der Waals surface area contributed by atoms with Gasteiger partial charge in [-0.25, -0.2) is 0 Å². The second-order valence-electron chi connectivity index (χ2n) is 4.61. The molecular weight excluding hydrogens is 254 g/mol. The molecule has 1 fully saturated rings. The van der Waals surface area contributed by atoms with Gasteiger partial charge in [0.2, 0.25) is 0 Å². The summed E-state index contributed by atoms with van der Waals surface area (Å²) < 4.78 is 5.46. The first-order valence-electron chi connectivity index (χ1n) is 6.12. The van der Waals surface area contributed by atoms with Crippen molar-refractivity contribution in [3.63, 3.8) is 0 Å². The van der Waals surface area contributed by atoms with Crippen LogP contribution in [0.5, 0.6) is 0 Å². The predicted octanol–water partition coefficient (Wildman–Crippen LogP) is 2.91. The van der Waals surface area contributed by atoms with Crippen LogP contribution < -0.4 is 0 Å². The monoisotopic (exact) mass is 277 g/mol. The van der Waals surface area contributed by atoms with Gasteiger partial charge in [0.05, 0.1) is 0 Å². The minimum atomic E-state index is 0.462. The van der Waals surface area contributed by atoms with E-state index in [0.29, 0.717) is 5.41 Å². The fourth-order valence-electron chi connectivity index (χ4n) is 2.28. The highest BCUT2D eigenvalue weighted by atomic mass is 79.9. The molecule has 0 spiro atoms. The van der Waals surface area contributed by atoms with Gasteiger partial charge in [0.1, 0.15) is 0 Å². The van der Waals surface area contributed by atoms with Gasteiger partial charge in [0, 0.05) is 25.1 Å². The molecule has 90 valence electrons. The van der Waals surface area contributed by atoms with Gasteiger partial charge < -0.3 is 9.64 Å². The summed E-state index contributed by atoms with van der Waals surface area (Å²) in [5.41, 5.74) is 0.462. The Bertz CT molecular complexity index is 169. The van der Waals surface area contributed by atoms with Crippen molar-refractivity contribution in [2.75, 3.05) is 38.2 Å². The minimum Gasteiger partial charge on any atom is -0.381 e. The van der Waals surface area contributed by atoms with Crippen LogP contribution in [0.1, 0.15) is 33.1 Å². The molecule has 0 atom stereocenters. The van der Waals surface area contributed by atoms with Crippen LogP contribution >= 0.6 is 15.9 Å². The van der Waals surface area contributed by atoms with Crippen LogP contribution in [0.15, 0.2) is 0 Å². The SMILES string of the molecule is CCCN(CC)CC1(CBr)CCOCC1. The topological polar surface area (TPSA) is 12.5 Å². The summed E-state index contributed by atoms with van der Waals surface area (Å²) in [6.07, 6.45) is 3.67. The van der Waals surface area contributed by atoms with Gasteiger partial charge in [-0.3, -0.25) is 0 Å². The lowest BCUT2D eigenvalue weighted by Crippen LogP contribution is -2.43. The van der Waals surface area contributed by atoms with E-state index in [2.05, 4.69) is 34.7 Å². The lowest BCUT2D eigenvalue weighted by molar-refractivity contribution is 0.00893. The molecule has 3 heteroatoms. The molecule has 1 heterocycles. The second kappa shape index (κ2) is 6.87. The molecule has 0 radical (unpaired) electrons. The molecule has 2 nitrogen and oxygen atoms in total. The number of hydrogen-bond donors (Lipinski definition) is 0. The molecule has 0 amide bonds. The van der Waals surface area contributed by atoms with Crippen LogP contribution in [0.4, 0.5) is 0 Å². The van der Waals surface area contributed by atoms with Crippen molar-refractivity contribution >= 4 is 15.9 Å². The Morgan fingerprint density at radius 1 is 1.27 bits per heavy atom.